The predicted octanol–water partition coefficient (Wildman–Crippen LogP) is 4.72. The maximum absolute atomic E-state index is 13.5. The Bertz CT molecular complexity index is 1020. The zero-order valence-electron chi connectivity index (χ0n) is 17.3. The zero-order chi connectivity index (χ0) is 21.1. The van der Waals surface area contributed by atoms with E-state index in [4.69, 9.17) is 4.98 Å². The third-order valence-electron chi connectivity index (χ3n) is 5.46. The number of rotatable bonds is 4. The quantitative estimate of drug-likeness (QED) is 0.632. The first-order valence-electron chi connectivity index (χ1n) is 10.2. The summed E-state index contributed by atoms with van der Waals surface area (Å²) < 4.78 is 13.5. The fraction of sp³-hybridized carbons (Fsp3) is 0.292. The Morgan fingerprint density at radius 1 is 1.07 bits per heavy atom. The number of amides is 1. The molecule has 6 heteroatoms. The number of piperidine rings is 1. The normalized spacial score (nSPS) is 16.4. The van der Waals surface area contributed by atoms with Gasteiger partial charge in [0.05, 0.1) is 11.7 Å². The van der Waals surface area contributed by atoms with Gasteiger partial charge in [0, 0.05) is 38.0 Å². The molecule has 1 fully saturated rings. The molecule has 1 amide bonds. The van der Waals surface area contributed by atoms with Gasteiger partial charge in [-0.15, -0.1) is 0 Å². The van der Waals surface area contributed by atoms with Gasteiger partial charge in [0.15, 0.2) is 0 Å². The van der Waals surface area contributed by atoms with E-state index in [0.29, 0.717) is 18.1 Å². The van der Waals surface area contributed by atoms with Gasteiger partial charge in [-0.3, -0.25) is 4.79 Å². The van der Waals surface area contributed by atoms with Crippen LogP contribution in [0.1, 0.15) is 41.4 Å². The molecule has 154 valence electrons. The van der Waals surface area contributed by atoms with Gasteiger partial charge in [-0.1, -0.05) is 30.3 Å². The molecule has 0 N–H and O–H groups in total. The van der Waals surface area contributed by atoms with Crippen molar-refractivity contribution in [1.29, 1.82) is 0 Å². The van der Waals surface area contributed by atoms with Crippen LogP contribution in [-0.2, 0) is 0 Å². The molecule has 2 heterocycles. The number of hydrogen-bond acceptors (Lipinski definition) is 4. The van der Waals surface area contributed by atoms with Crippen molar-refractivity contribution in [2.75, 3.05) is 25.5 Å². The average Bonchev–Trinajstić information content (AvgIpc) is 2.79. The molecule has 1 aliphatic heterocycles. The van der Waals surface area contributed by atoms with Crippen LogP contribution < -0.4 is 4.90 Å². The fourth-order valence-corrected chi connectivity index (χ4v) is 3.91. The SMILES string of the molecule is CN(C)c1ncc(-c2ccc(F)cc2)c([C@@H]2CCCCN2C(=O)c2ccccc2)n1. The lowest BCUT2D eigenvalue weighted by Crippen LogP contribution is -2.39. The van der Waals surface area contributed by atoms with Crippen LogP contribution in [0.5, 0.6) is 0 Å². The van der Waals surface area contributed by atoms with Crippen molar-refractivity contribution >= 4 is 11.9 Å². The predicted molar refractivity (Wildman–Crippen MR) is 116 cm³/mol. The van der Waals surface area contributed by atoms with E-state index >= 15 is 0 Å². The second-order valence-electron chi connectivity index (χ2n) is 7.75. The average molecular weight is 404 g/mol. The molecule has 1 atom stereocenters. The number of benzene rings is 2. The molecule has 0 unspecified atom stereocenters. The lowest BCUT2D eigenvalue weighted by atomic mass is 9.93. The van der Waals surface area contributed by atoms with Crippen LogP contribution in [0.15, 0.2) is 60.8 Å². The van der Waals surface area contributed by atoms with Gasteiger partial charge in [-0.05, 0) is 49.1 Å². The Morgan fingerprint density at radius 3 is 2.50 bits per heavy atom. The summed E-state index contributed by atoms with van der Waals surface area (Å²) in [6, 6.07) is 15.5. The van der Waals surface area contributed by atoms with Crippen LogP contribution in [0, 0.1) is 5.82 Å². The van der Waals surface area contributed by atoms with Crippen molar-refractivity contribution in [3.63, 3.8) is 0 Å². The van der Waals surface area contributed by atoms with E-state index in [0.717, 1.165) is 36.1 Å². The maximum Gasteiger partial charge on any atom is 0.254 e. The number of carbonyl (C=O) groups excluding carboxylic acids is 1. The van der Waals surface area contributed by atoms with Gasteiger partial charge in [-0.2, -0.15) is 0 Å². The summed E-state index contributed by atoms with van der Waals surface area (Å²) >= 11 is 0. The van der Waals surface area contributed by atoms with E-state index in [1.54, 1.807) is 18.3 Å². The van der Waals surface area contributed by atoms with Crippen molar-refractivity contribution in [3.05, 3.63) is 77.9 Å². The number of hydrogen-bond donors (Lipinski definition) is 0. The number of anilines is 1. The molecule has 30 heavy (non-hydrogen) atoms. The molecule has 4 rings (SSSR count). The van der Waals surface area contributed by atoms with Crippen molar-refractivity contribution < 1.29 is 9.18 Å². The van der Waals surface area contributed by atoms with E-state index in [1.807, 2.05) is 54.2 Å². The standard InChI is InChI=1S/C24H25FN4O/c1-28(2)24-26-16-20(17-11-13-19(25)14-12-17)22(27-24)21-10-6-7-15-29(21)23(30)18-8-4-3-5-9-18/h3-5,8-9,11-14,16,21H,6-7,10,15H2,1-2H3/t21-/m0/s1. The number of nitrogens with zero attached hydrogens (tertiary/aromatic N) is 4. The van der Waals surface area contributed by atoms with Crippen molar-refractivity contribution in [1.82, 2.24) is 14.9 Å². The van der Waals surface area contributed by atoms with Gasteiger partial charge < -0.3 is 9.80 Å². The van der Waals surface area contributed by atoms with Crippen molar-refractivity contribution in [3.8, 4) is 11.1 Å². The number of carbonyl (C=O) groups is 1. The molecular weight excluding hydrogens is 379 g/mol. The number of halogens is 1. The molecule has 2 aromatic carbocycles. The Balaban J connectivity index is 1.80. The summed E-state index contributed by atoms with van der Waals surface area (Å²) in [5, 5.41) is 0. The lowest BCUT2D eigenvalue weighted by molar-refractivity contribution is 0.0607. The second kappa shape index (κ2) is 8.61. The fourth-order valence-electron chi connectivity index (χ4n) is 3.91. The highest BCUT2D eigenvalue weighted by atomic mass is 19.1. The molecule has 1 aliphatic rings. The minimum atomic E-state index is -0.287. The summed E-state index contributed by atoms with van der Waals surface area (Å²) in [5.74, 6) is 0.314. The molecule has 0 bridgehead atoms. The van der Waals surface area contributed by atoms with Crippen molar-refractivity contribution in [2.24, 2.45) is 0 Å². The molecule has 0 radical (unpaired) electrons. The van der Waals surface area contributed by atoms with E-state index in [2.05, 4.69) is 4.98 Å². The van der Waals surface area contributed by atoms with Gasteiger partial charge >= 0.3 is 0 Å². The minimum absolute atomic E-state index is 0.00960. The van der Waals surface area contributed by atoms with Gasteiger partial charge in [0.25, 0.3) is 5.91 Å². The molecular formula is C24H25FN4O. The Hall–Kier alpha value is -3.28. The highest BCUT2D eigenvalue weighted by molar-refractivity contribution is 5.94. The molecule has 5 nitrogen and oxygen atoms in total. The van der Waals surface area contributed by atoms with E-state index < -0.39 is 0 Å². The smallest absolute Gasteiger partial charge is 0.254 e. The summed E-state index contributed by atoms with van der Waals surface area (Å²) in [4.78, 5) is 26.4. The van der Waals surface area contributed by atoms with Crippen LogP contribution >= 0.6 is 0 Å². The highest BCUT2D eigenvalue weighted by Gasteiger charge is 2.32. The summed E-state index contributed by atoms with van der Waals surface area (Å²) in [7, 11) is 3.79. The first-order valence-corrected chi connectivity index (χ1v) is 10.2. The zero-order valence-corrected chi connectivity index (χ0v) is 17.3. The third-order valence-corrected chi connectivity index (χ3v) is 5.46. The van der Waals surface area contributed by atoms with Crippen LogP contribution in [0.25, 0.3) is 11.1 Å². The summed E-state index contributed by atoms with van der Waals surface area (Å²) in [6.45, 7) is 0.683. The van der Waals surface area contributed by atoms with Crippen LogP contribution in [-0.4, -0.2) is 41.4 Å². The molecule has 0 saturated carbocycles. The number of aromatic nitrogens is 2. The van der Waals surface area contributed by atoms with Crippen molar-refractivity contribution in [2.45, 2.75) is 25.3 Å². The third kappa shape index (κ3) is 4.03. The first kappa shape index (κ1) is 20.0. The van der Waals surface area contributed by atoms with Crippen LogP contribution in [0.3, 0.4) is 0 Å². The minimum Gasteiger partial charge on any atom is -0.347 e. The largest absolute Gasteiger partial charge is 0.347 e. The topological polar surface area (TPSA) is 49.3 Å². The Kier molecular flexibility index (Phi) is 5.74. The molecule has 1 saturated heterocycles. The molecule has 1 aromatic heterocycles. The van der Waals surface area contributed by atoms with Crippen LogP contribution in [0.2, 0.25) is 0 Å². The summed E-state index contributed by atoms with van der Waals surface area (Å²) in [6.07, 6.45) is 4.60. The molecule has 0 aliphatic carbocycles. The monoisotopic (exact) mass is 404 g/mol. The highest BCUT2D eigenvalue weighted by Crippen LogP contribution is 2.37. The lowest BCUT2D eigenvalue weighted by Gasteiger charge is -2.36. The first-order chi connectivity index (χ1) is 14.5. The maximum atomic E-state index is 13.5. The van der Waals surface area contributed by atoms with E-state index in [1.165, 1.54) is 12.1 Å². The molecule has 0 spiro atoms. The van der Waals surface area contributed by atoms with Gasteiger partial charge in [0.2, 0.25) is 5.95 Å². The summed E-state index contributed by atoms with van der Waals surface area (Å²) in [5.41, 5.74) is 3.16. The Morgan fingerprint density at radius 2 is 1.80 bits per heavy atom. The van der Waals surface area contributed by atoms with E-state index in [9.17, 15) is 9.18 Å². The van der Waals surface area contributed by atoms with Crippen LogP contribution in [0.4, 0.5) is 10.3 Å². The molecule has 3 aromatic rings. The Labute approximate surface area is 176 Å². The number of likely N-dealkylation sites (tertiary alicyclic amines) is 1. The van der Waals surface area contributed by atoms with Gasteiger partial charge in [0.1, 0.15) is 5.82 Å². The van der Waals surface area contributed by atoms with E-state index in [-0.39, 0.29) is 17.8 Å². The second-order valence-corrected chi connectivity index (χ2v) is 7.75. The van der Waals surface area contributed by atoms with Gasteiger partial charge in [-0.25, -0.2) is 14.4 Å².